The standard InChI is InChI=1S/C17H13NO4/c1-2-9(16(20)17(21)22)10-7-8-18-14-11-5-3-4-6-12(11)15(19)13(10)14/h3-9H,2H2,1H3,(H,21,22). The van der Waals surface area contributed by atoms with Crippen molar-refractivity contribution in [3.8, 4) is 11.3 Å². The summed E-state index contributed by atoms with van der Waals surface area (Å²) in [5.74, 6) is -3.43. The maximum Gasteiger partial charge on any atom is 0.372 e. The highest BCUT2D eigenvalue weighted by atomic mass is 16.4. The predicted molar refractivity (Wildman–Crippen MR) is 78.8 cm³/mol. The number of pyridine rings is 1. The van der Waals surface area contributed by atoms with Gasteiger partial charge in [-0.05, 0) is 18.1 Å². The summed E-state index contributed by atoms with van der Waals surface area (Å²) in [5, 5.41) is 8.98. The van der Waals surface area contributed by atoms with Gasteiger partial charge in [0.05, 0.1) is 17.2 Å². The van der Waals surface area contributed by atoms with Crippen LogP contribution in [0.15, 0.2) is 36.5 Å². The minimum absolute atomic E-state index is 0.203. The molecule has 1 aliphatic carbocycles. The zero-order valence-corrected chi connectivity index (χ0v) is 11.9. The van der Waals surface area contributed by atoms with E-state index < -0.39 is 17.7 Å². The van der Waals surface area contributed by atoms with Crippen molar-refractivity contribution in [3.63, 3.8) is 0 Å². The molecule has 0 fully saturated rings. The molecular formula is C17H13NO4. The van der Waals surface area contributed by atoms with Crippen molar-refractivity contribution in [2.24, 2.45) is 0 Å². The molecule has 0 saturated heterocycles. The third-order valence-corrected chi connectivity index (χ3v) is 3.95. The lowest BCUT2D eigenvalue weighted by Gasteiger charge is -2.14. The Hall–Kier alpha value is -2.82. The number of aromatic nitrogens is 1. The summed E-state index contributed by atoms with van der Waals surface area (Å²) in [6, 6.07) is 8.66. The van der Waals surface area contributed by atoms with E-state index in [1.165, 1.54) is 6.20 Å². The van der Waals surface area contributed by atoms with Gasteiger partial charge in [-0.3, -0.25) is 14.6 Å². The third-order valence-electron chi connectivity index (χ3n) is 3.95. The second-order valence-electron chi connectivity index (χ2n) is 5.13. The van der Waals surface area contributed by atoms with Crippen molar-refractivity contribution in [1.82, 2.24) is 4.98 Å². The first-order chi connectivity index (χ1) is 10.6. The summed E-state index contributed by atoms with van der Waals surface area (Å²) in [6.45, 7) is 1.73. The molecule has 0 saturated carbocycles. The molecule has 1 N–H and O–H groups in total. The van der Waals surface area contributed by atoms with Crippen LogP contribution in [-0.2, 0) is 9.59 Å². The Balaban J connectivity index is 2.21. The van der Waals surface area contributed by atoms with E-state index in [9.17, 15) is 14.4 Å². The first-order valence-corrected chi connectivity index (χ1v) is 6.96. The van der Waals surface area contributed by atoms with E-state index in [0.29, 0.717) is 28.8 Å². The SMILES string of the molecule is CCC(C(=O)C(=O)O)c1ccnc2c1C(=O)c1ccccc1-2. The van der Waals surface area contributed by atoms with Crippen LogP contribution in [0.1, 0.15) is 40.7 Å². The Morgan fingerprint density at radius 2 is 1.86 bits per heavy atom. The van der Waals surface area contributed by atoms with Crippen LogP contribution in [0.2, 0.25) is 0 Å². The normalized spacial score (nSPS) is 13.4. The Morgan fingerprint density at radius 1 is 1.18 bits per heavy atom. The number of hydrogen-bond acceptors (Lipinski definition) is 4. The fraction of sp³-hybridized carbons (Fsp3) is 0.176. The molecule has 2 aromatic rings. The quantitative estimate of drug-likeness (QED) is 0.747. The Labute approximate surface area is 126 Å². The monoisotopic (exact) mass is 295 g/mol. The number of fused-ring (bicyclic) bond motifs is 3. The van der Waals surface area contributed by atoms with Gasteiger partial charge in [-0.2, -0.15) is 0 Å². The van der Waals surface area contributed by atoms with E-state index in [1.807, 2.05) is 6.07 Å². The van der Waals surface area contributed by atoms with Gasteiger partial charge in [0.1, 0.15) is 0 Å². The van der Waals surface area contributed by atoms with E-state index in [4.69, 9.17) is 5.11 Å². The number of carbonyl (C=O) groups excluding carboxylic acids is 2. The van der Waals surface area contributed by atoms with Crippen LogP contribution in [0, 0.1) is 0 Å². The maximum absolute atomic E-state index is 12.6. The van der Waals surface area contributed by atoms with Crippen LogP contribution >= 0.6 is 0 Å². The van der Waals surface area contributed by atoms with Gasteiger partial charge >= 0.3 is 5.97 Å². The van der Waals surface area contributed by atoms with Crippen molar-refractivity contribution in [3.05, 3.63) is 53.2 Å². The fourth-order valence-corrected chi connectivity index (χ4v) is 2.93. The van der Waals surface area contributed by atoms with E-state index >= 15 is 0 Å². The molecule has 1 aromatic heterocycles. The summed E-state index contributed by atoms with van der Waals surface area (Å²) in [4.78, 5) is 39.8. The van der Waals surface area contributed by atoms with E-state index in [0.717, 1.165) is 5.56 Å². The molecule has 0 bridgehead atoms. The molecule has 1 atom stereocenters. The zero-order valence-electron chi connectivity index (χ0n) is 11.9. The van der Waals surface area contributed by atoms with Crippen LogP contribution < -0.4 is 0 Å². The molecular weight excluding hydrogens is 282 g/mol. The van der Waals surface area contributed by atoms with Crippen LogP contribution in [0.25, 0.3) is 11.3 Å². The van der Waals surface area contributed by atoms with E-state index in [1.54, 1.807) is 31.2 Å². The minimum atomic E-state index is -1.49. The lowest BCUT2D eigenvalue weighted by Crippen LogP contribution is -2.23. The smallest absolute Gasteiger partial charge is 0.372 e. The van der Waals surface area contributed by atoms with Crippen molar-refractivity contribution < 1.29 is 19.5 Å². The highest BCUT2D eigenvalue weighted by Crippen LogP contribution is 2.39. The van der Waals surface area contributed by atoms with E-state index in [2.05, 4.69) is 4.98 Å². The average Bonchev–Trinajstić information content (AvgIpc) is 2.82. The molecule has 5 nitrogen and oxygen atoms in total. The number of carbonyl (C=O) groups is 3. The molecule has 22 heavy (non-hydrogen) atoms. The molecule has 110 valence electrons. The summed E-state index contributed by atoms with van der Waals surface area (Å²) >= 11 is 0. The number of Topliss-reactive ketones (excluding diaryl/α,β-unsaturated/α-hetero) is 1. The number of carboxylic acid groups (broad SMARTS) is 1. The molecule has 0 aliphatic heterocycles. The highest BCUT2D eigenvalue weighted by Gasteiger charge is 2.35. The first kappa shape index (κ1) is 14.1. The van der Waals surface area contributed by atoms with Crippen molar-refractivity contribution in [2.45, 2.75) is 19.3 Å². The largest absolute Gasteiger partial charge is 0.475 e. The minimum Gasteiger partial charge on any atom is -0.475 e. The number of nitrogens with zero attached hydrogens (tertiary/aromatic N) is 1. The van der Waals surface area contributed by atoms with Crippen LogP contribution in [0.5, 0.6) is 0 Å². The molecule has 1 heterocycles. The Morgan fingerprint density at radius 3 is 2.50 bits per heavy atom. The van der Waals surface area contributed by atoms with Gasteiger partial charge in [0.25, 0.3) is 0 Å². The number of benzene rings is 1. The second-order valence-corrected chi connectivity index (χ2v) is 5.13. The van der Waals surface area contributed by atoms with Gasteiger partial charge in [-0.25, -0.2) is 4.79 Å². The van der Waals surface area contributed by atoms with Crippen LogP contribution in [0.4, 0.5) is 0 Å². The van der Waals surface area contributed by atoms with Crippen LogP contribution in [0.3, 0.4) is 0 Å². The number of carboxylic acids is 1. The Kier molecular flexibility index (Phi) is 3.33. The molecule has 0 amide bonds. The number of aliphatic carboxylic acids is 1. The number of hydrogen-bond donors (Lipinski definition) is 1. The lowest BCUT2D eigenvalue weighted by molar-refractivity contribution is -0.149. The fourth-order valence-electron chi connectivity index (χ4n) is 2.93. The third kappa shape index (κ3) is 1.94. The predicted octanol–water partition coefficient (Wildman–Crippen LogP) is 2.44. The molecule has 0 radical (unpaired) electrons. The highest BCUT2D eigenvalue weighted by molar-refractivity contribution is 6.35. The molecule has 1 aliphatic rings. The number of ketones is 2. The van der Waals surface area contributed by atoms with Gasteiger partial charge in [0.15, 0.2) is 5.78 Å². The van der Waals surface area contributed by atoms with E-state index in [-0.39, 0.29) is 5.78 Å². The summed E-state index contributed by atoms with van der Waals surface area (Å²) in [6.07, 6.45) is 1.83. The molecule has 1 unspecified atom stereocenters. The average molecular weight is 295 g/mol. The first-order valence-electron chi connectivity index (χ1n) is 6.96. The van der Waals surface area contributed by atoms with Gasteiger partial charge in [-0.15, -0.1) is 0 Å². The van der Waals surface area contributed by atoms with Gasteiger partial charge in [-0.1, -0.05) is 31.2 Å². The Bertz CT molecular complexity index is 810. The zero-order chi connectivity index (χ0) is 15.9. The maximum atomic E-state index is 12.6. The van der Waals surface area contributed by atoms with Gasteiger partial charge in [0.2, 0.25) is 5.78 Å². The van der Waals surface area contributed by atoms with Crippen molar-refractivity contribution >= 4 is 17.5 Å². The van der Waals surface area contributed by atoms with Gasteiger partial charge < -0.3 is 5.11 Å². The van der Waals surface area contributed by atoms with Gasteiger partial charge in [0, 0.05) is 17.3 Å². The van der Waals surface area contributed by atoms with Crippen molar-refractivity contribution in [2.75, 3.05) is 0 Å². The molecule has 3 rings (SSSR count). The molecule has 0 spiro atoms. The molecule has 1 aromatic carbocycles. The molecule has 5 heteroatoms. The van der Waals surface area contributed by atoms with Crippen LogP contribution in [-0.4, -0.2) is 27.6 Å². The second kappa shape index (κ2) is 5.18. The van der Waals surface area contributed by atoms with Crippen molar-refractivity contribution in [1.29, 1.82) is 0 Å². The summed E-state index contributed by atoms with van der Waals surface area (Å²) in [7, 11) is 0. The number of rotatable bonds is 4. The topological polar surface area (TPSA) is 84.3 Å². The summed E-state index contributed by atoms with van der Waals surface area (Å²) < 4.78 is 0. The lowest BCUT2D eigenvalue weighted by atomic mass is 9.88. The summed E-state index contributed by atoms with van der Waals surface area (Å²) in [5.41, 5.74) is 2.58.